The van der Waals surface area contributed by atoms with Crippen LogP contribution in [-0.4, -0.2) is 0 Å². The predicted molar refractivity (Wildman–Crippen MR) is 112 cm³/mol. The van der Waals surface area contributed by atoms with Gasteiger partial charge in [0.2, 0.25) is 0 Å². The van der Waals surface area contributed by atoms with Crippen LogP contribution in [0.25, 0.3) is 6.08 Å². The molecule has 0 spiro atoms. The molecule has 1 heteroatoms. The summed E-state index contributed by atoms with van der Waals surface area (Å²) in [5.74, 6) is 1.56. The number of rotatable bonds is 6. The van der Waals surface area contributed by atoms with Crippen molar-refractivity contribution in [3.63, 3.8) is 0 Å². The molecule has 1 saturated carbocycles. The molecule has 2 aromatic carbocycles. The fourth-order valence-corrected chi connectivity index (χ4v) is 4.07. The highest BCUT2D eigenvalue weighted by Gasteiger charge is 2.26. The van der Waals surface area contributed by atoms with Crippen LogP contribution in [0.1, 0.15) is 74.1 Å². The molecule has 0 bridgehead atoms. The molecule has 1 aliphatic rings. The Balaban J connectivity index is 1.99. The molecule has 0 heterocycles. The zero-order chi connectivity index (χ0) is 18.6. The second-order valence-electron chi connectivity index (χ2n) is 7.82. The molecule has 1 fully saturated rings. The highest BCUT2D eigenvalue weighted by molar-refractivity contribution is 5.51. The van der Waals surface area contributed by atoms with E-state index >= 15 is 0 Å². The molecule has 0 unspecified atom stereocenters. The van der Waals surface area contributed by atoms with Crippen LogP contribution in [0.15, 0.2) is 61.9 Å². The number of benzene rings is 2. The second kappa shape index (κ2) is 7.95. The summed E-state index contributed by atoms with van der Waals surface area (Å²) in [5.41, 5.74) is 5.09. The second-order valence-corrected chi connectivity index (χ2v) is 7.82. The highest BCUT2D eigenvalue weighted by atomic mass is 16.5. The summed E-state index contributed by atoms with van der Waals surface area (Å²) in [7, 11) is 0. The van der Waals surface area contributed by atoms with Crippen LogP contribution in [-0.2, 0) is 5.41 Å². The third-order valence-electron chi connectivity index (χ3n) is 5.85. The van der Waals surface area contributed by atoms with Gasteiger partial charge in [-0.25, -0.2) is 0 Å². The van der Waals surface area contributed by atoms with Crippen LogP contribution in [0.4, 0.5) is 0 Å². The van der Waals surface area contributed by atoms with Crippen LogP contribution in [0.2, 0.25) is 0 Å². The van der Waals surface area contributed by atoms with Crippen molar-refractivity contribution in [2.24, 2.45) is 0 Å². The minimum atomic E-state index is -0.0597. The van der Waals surface area contributed by atoms with E-state index in [1.165, 1.54) is 48.8 Å². The quantitative estimate of drug-likeness (QED) is 0.501. The molecule has 0 N–H and O–H groups in total. The molecule has 0 amide bonds. The molecule has 2 aromatic rings. The van der Waals surface area contributed by atoms with E-state index in [1.54, 1.807) is 6.26 Å². The highest BCUT2D eigenvalue weighted by Crippen LogP contribution is 2.41. The van der Waals surface area contributed by atoms with Crippen molar-refractivity contribution in [2.75, 3.05) is 0 Å². The van der Waals surface area contributed by atoms with Gasteiger partial charge in [0.1, 0.15) is 5.75 Å². The van der Waals surface area contributed by atoms with Crippen LogP contribution in [0.5, 0.6) is 5.75 Å². The summed E-state index contributed by atoms with van der Waals surface area (Å²) in [6.07, 6.45) is 9.93. The third-order valence-corrected chi connectivity index (χ3v) is 5.85. The monoisotopic (exact) mass is 346 g/mol. The number of ether oxygens (including phenoxy) is 1. The van der Waals surface area contributed by atoms with Crippen LogP contribution in [0, 0.1) is 0 Å². The van der Waals surface area contributed by atoms with E-state index in [1.807, 2.05) is 6.08 Å². The van der Waals surface area contributed by atoms with E-state index < -0.39 is 0 Å². The Morgan fingerprint density at radius 1 is 0.923 bits per heavy atom. The topological polar surface area (TPSA) is 9.23 Å². The lowest BCUT2D eigenvalue weighted by Gasteiger charge is -2.30. The maximum absolute atomic E-state index is 5.75. The lowest BCUT2D eigenvalue weighted by atomic mass is 9.75. The minimum absolute atomic E-state index is 0.0597. The van der Waals surface area contributed by atoms with Gasteiger partial charge in [-0.3, -0.25) is 0 Å². The summed E-state index contributed by atoms with van der Waals surface area (Å²) < 4.78 is 5.75. The van der Waals surface area contributed by atoms with E-state index in [0.717, 1.165) is 11.3 Å². The van der Waals surface area contributed by atoms with Crippen molar-refractivity contribution in [3.8, 4) is 5.75 Å². The van der Waals surface area contributed by atoms with Crippen molar-refractivity contribution < 1.29 is 4.74 Å². The van der Waals surface area contributed by atoms with Gasteiger partial charge in [-0.15, -0.1) is 0 Å². The Hall–Kier alpha value is -2.28. The molecule has 26 heavy (non-hydrogen) atoms. The van der Waals surface area contributed by atoms with Crippen molar-refractivity contribution in [2.45, 2.75) is 57.3 Å². The van der Waals surface area contributed by atoms with Crippen molar-refractivity contribution >= 4 is 6.08 Å². The van der Waals surface area contributed by atoms with E-state index in [2.05, 4.69) is 69.5 Å². The van der Waals surface area contributed by atoms with Gasteiger partial charge in [-0.1, -0.05) is 88.7 Å². The first-order valence-electron chi connectivity index (χ1n) is 9.71. The summed E-state index contributed by atoms with van der Waals surface area (Å²) in [5, 5.41) is 0. The summed E-state index contributed by atoms with van der Waals surface area (Å²) in [6, 6.07) is 15.4. The van der Waals surface area contributed by atoms with Crippen LogP contribution in [0.3, 0.4) is 0 Å². The van der Waals surface area contributed by atoms with Crippen molar-refractivity contribution in [1.29, 1.82) is 0 Å². The lowest BCUT2D eigenvalue weighted by Crippen LogP contribution is -2.19. The first kappa shape index (κ1) is 18.5. The van der Waals surface area contributed by atoms with E-state index in [9.17, 15) is 0 Å². The smallest absolute Gasteiger partial charge is 0.129 e. The van der Waals surface area contributed by atoms with Gasteiger partial charge in [0.25, 0.3) is 0 Å². The van der Waals surface area contributed by atoms with E-state index in [-0.39, 0.29) is 5.41 Å². The molecule has 136 valence electrons. The molecular formula is C25H30O. The SMILES string of the molecule is C=COc1ccc(C(C)(C)c2ccc(C=C)cc2)cc1C1CCCCC1. The van der Waals surface area contributed by atoms with Gasteiger partial charge in [-0.05, 0) is 47.1 Å². The third kappa shape index (κ3) is 3.77. The molecule has 0 saturated heterocycles. The summed E-state index contributed by atoms with van der Waals surface area (Å²) in [6.45, 7) is 12.2. The molecule has 0 atom stereocenters. The van der Waals surface area contributed by atoms with Crippen molar-refractivity contribution in [3.05, 3.63) is 84.1 Å². The zero-order valence-corrected chi connectivity index (χ0v) is 16.1. The predicted octanol–water partition coefficient (Wildman–Crippen LogP) is 7.23. The first-order valence-corrected chi connectivity index (χ1v) is 9.71. The van der Waals surface area contributed by atoms with Crippen molar-refractivity contribution in [1.82, 2.24) is 0 Å². The Labute approximate surface area is 158 Å². The fraction of sp³-hybridized carbons (Fsp3) is 0.360. The number of hydrogen-bond acceptors (Lipinski definition) is 1. The molecule has 0 aromatic heterocycles. The standard InChI is InChI=1S/C25H30O/c1-5-19-12-14-21(15-13-19)25(3,4)22-16-17-24(26-6-2)23(18-22)20-10-8-7-9-11-20/h5-6,12-18,20H,1-2,7-11H2,3-4H3. The molecular weight excluding hydrogens is 316 g/mol. The van der Waals surface area contributed by atoms with Gasteiger partial charge in [0, 0.05) is 5.41 Å². The average Bonchev–Trinajstić information content (AvgIpc) is 2.69. The average molecular weight is 347 g/mol. The molecule has 1 aliphatic carbocycles. The first-order chi connectivity index (χ1) is 12.6. The maximum Gasteiger partial charge on any atom is 0.129 e. The van der Waals surface area contributed by atoms with E-state index in [4.69, 9.17) is 4.74 Å². The summed E-state index contributed by atoms with van der Waals surface area (Å²) >= 11 is 0. The minimum Gasteiger partial charge on any atom is -0.465 e. The van der Waals surface area contributed by atoms with Gasteiger partial charge >= 0.3 is 0 Å². The van der Waals surface area contributed by atoms with Crippen LogP contribution < -0.4 is 4.74 Å². The summed E-state index contributed by atoms with van der Waals surface area (Å²) in [4.78, 5) is 0. The Morgan fingerprint density at radius 3 is 2.19 bits per heavy atom. The number of hydrogen-bond donors (Lipinski definition) is 0. The van der Waals surface area contributed by atoms with E-state index in [0.29, 0.717) is 5.92 Å². The van der Waals surface area contributed by atoms with Gasteiger partial charge in [0.05, 0.1) is 6.26 Å². The van der Waals surface area contributed by atoms with Crippen LogP contribution >= 0.6 is 0 Å². The fourth-order valence-electron chi connectivity index (χ4n) is 4.07. The van der Waals surface area contributed by atoms with Gasteiger partial charge in [-0.2, -0.15) is 0 Å². The molecule has 0 aliphatic heterocycles. The zero-order valence-electron chi connectivity index (χ0n) is 16.1. The van der Waals surface area contributed by atoms with Gasteiger partial charge in [0.15, 0.2) is 0 Å². The largest absolute Gasteiger partial charge is 0.465 e. The molecule has 0 radical (unpaired) electrons. The molecule has 3 rings (SSSR count). The Bertz CT molecular complexity index is 761. The van der Waals surface area contributed by atoms with Gasteiger partial charge < -0.3 is 4.74 Å². The normalized spacial score (nSPS) is 15.5. The lowest BCUT2D eigenvalue weighted by molar-refractivity contribution is 0.418. The Morgan fingerprint density at radius 2 is 1.58 bits per heavy atom. The maximum atomic E-state index is 5.75. The Kier molecular flexibility index (Phi) is 5.66. The molecule has 1 nitrogen and oxygen atoms in total.